The number of hydrogen-bond acceptors (Lipinski definition) is 7. The number of aliphatic hydroxyl groups is 1. The lowest BCUT2D eigenvalue weighted by atomic mass is 10.0. The van der Waals surface area contributed by atoms with Gasteiger partial charge in [-0.15, -0.1) is 0 Å². The third-order valence-corrected chi connectivity index (χ3v) is 6.48. The number of β-amino-alcohol motifs (C(OH)–C–C–N with tert-alkyl or cyclic N) is 1. The number of nitriles is 1. The van der Waals surface area contributed by atoms with Crippen LogP contribution < -0.4 is 9.47 Å². The second kappa shape index (κ2) is 11.3. The molecule has 1 aliphatic carbocycles. The van der Waals surface area contributed by atoms with Gasteiger partial charge in [-0.1, -0.05) is 12.5 Å². The summed E-state index contributed by atoms with van der Waals surface area (Å²) in [6, 6.07) is 8.24. The van der Waals surface area contributed by atoms with Gasteiger partial charge in [0.1, 0.15) is 12.7 Å². The lowest BCUT2D eigenvalue weighted by Gasteiger charge is -2.35. The van der Waals surface area contributed by atoms with Crippen molar-refractivity contribution in [2.45, 2.75) is 31.9 Å². The van der Waals surface area contributed by atoms with Crippen LogP contribution in [0.15, 0.2) is 18.2 Å². The van der Waals surface area contributed by atoms with E-state index in [2.05, 4.69) is 15.9 Å². The zero-order chi connectivity index (χ0) is 22.2. The fourth-order valence-corrected chi connectivity index (χ4v) is 4.99. The van der Waals surface area contributed by atoms with Crippen molar-refractivity contribution in [3.63, 3.8) is 0 Å². The van der Waals surface area contributed by atoms with E-state index in [0.717, 1.165) is 50.1 Å². The summed E-state index contributed by atoms with van der Waals surface area (Å²) in [5, 5.41) is 26.3. The van der Waals surface area contributed by atoms with E-state index in [-0.39, 0.29) is 19.0 Å². The van der Waals surface area contributed by atoms with Gasteiger partial charge in [0.2, 0.25) is 0 Å². The number of carboxylic acid groups (broad SMARTS) is 1. The number of hydrogen-bond donors (Lipinski definition) is 2. The molecule has 170 valence electrons. The van der Waals surface area contributed by atoms with Crippen LogP contribution in [-0.4, -0.2) is 79.0 Å². The smallest absolute Gasteiger partial charge is 0.290 e. The molecule has 31 heavy (non-hydrogen) atoms. The Bertz CT molecular complexity index is 750. The highest BCUT2D eigenvalue weighted by atomic mass is 16.5. The zero-order valence-corrected chi connectivity index (χ0v) is 18.2. The molecule has 1 saturated carbocycles. The Morgan fingerprint density at radius 3 is 2.48 bits per heavy atom. The van der Waals surface area contributed by atoms with Crippen molar-refractivity contribution in [1.29, 1.82) is 5.26 Å². The van der Waals surface area contributed by atoms with Crippen molar-refractivity contribution in [2.75, 3.05) is 46.4 Å². The van der Waals surface area contributed by atoms with Gasteiger partial charge in [0, 0.05) is 39.3 Å². The Morgan fingerprint density at radius 1 is 1.19 bits per heavy atom. The Hall–Kier alpha value is -2.34. The number of carbonyl (C=O) groups is 1. The molecule has 8 heteroatoms. The maximum Gasteiger partial charge on any atom is 0.290 e. The maximum absolute atomic E-state index is 10.5. The summed E-state index contributed by atoms with van der Waals surface area (Å²) >= 11 is 0. The number of rotatable bonds is 8. The normalized spacial score (nSPS) is 24.3. The molecule has 3 aliphatic rings. The Kier molecular flexibility index (Phi) is 8.52. The molecule has 2 N–H and O–H groups in total. The molecule has 0 radical (unpaired) electrons. The molecule has 1 aromatic carbocycles. The Labute approximate surface area is 184 Å². The summed E-state index contributed by atoms with van der Waals surface area (Å²) in [6.07, 6.45) is 3.58. The molecule has 3 atom stereocenters. The van der Waals surface area contributed by atoms with E-state index < -0.39 is 6.10 Å². The lowest BCUT2D eigenvalue weighted by molar-refractivity contribution is -0.122. The van der Waals surface area contributed by atoms with Crippen molar-refractivity contribution in [2.24, 2.45) is 17.8 Å². The largest absolute Gasteiger partial charge is 0.493 e. The second-order valence-electron chi connectivity index (χ2n) is 8.75. The average molecular weight is 432 g/mol. The van der Waals surface area contributed by atoms with Crippen molar-refractivity contribution in [3.8, 4) is 17.6 Å². The SMILES string of the molecule is COc1ccc(CN2CC(C#N)C2)cc1OCC(O)CN1C[C@H]2CCC[C@H]2C1.O=CO. The monoisotopic (exact) mass is 431 g/mol. The predicted molar refractivity (Wildman–Crippen MR) is 115 cm³/mol. The highest BCUT2D eigenvalue weighted by Crippen LogP contribution is 2.37. The molecule has 4 rings (SSSR count). The summed E-state index contributed by atoms with van der Waals surface area (Å²) in [6.45, 7) is 5.41. The highest BCUT2D eigenvalue weighted by molar-refractivity contribution is 5.43. The molecular weight excluding hydrogens is 398 g/mol. The van der Waals surface area contributed by atoms with Crippen LogP contribution in [0.2, 0.25) is 0 Å². The number of aliphatic hydroxyl groups excluding tert-OH is 1. The number of likely N-dealkylation sites (tertiary alicyclic amines) is 2. The molecule has 0 amide bonds. The molecule has 0 spiro atoms. The molecule has 2 aliphatic heterocycles. The predicted octanol–water partition coefficient (Wildman–Crippen LogP) is 1.82. The van der Waals surface area contributed by atoms with Crippen LogP contribution in [-0.2, 0) is 11.3 Å². The first-order valence-corrected chi connectivity index (χ1v) is 11.0. The van der Waals surface area contributed by atoms with E-state index in [1.807, 2.05) is 18.2 Å². The van der Waals surface area contributed by atoms with Crippen LogP contribution in [0.3, 0.4) is 0 Å². The van der Waals surface area contributed by atoms with E-state index >= 15 is 0 Å². The van der Waals surface area contributed by atoms with Gasteiger partial charge in [0.15, 0.2) is 11.5 Å². The molecule has 0 bridgehead atoms. The summed E-state index contributed by atoms with van der Waals surface area (Å²) in [4.78, 5) is 13.0. The molecule has 0 aromatic heterocycles. The first kappa shape index (κ1) is 23.3. The quantitative estimate of drug-likeness (QED) is 0.601. The van der Waals surface area contributed by atoms with Crippen molar-refractivity contribution >= 4 is 6.47 Å². The molecule has 1 unspecified atom stereocenters. The first-order valence-electron chi connectivity index (χ1n) is 11.0. The Morgan fingerprint density at radius 2 is 1.87 bits per heavy atom. The number of ether oxygens (including phenoxy) is 2. The minimum atomic E-state index is -0.501. The van der Waals surface area contributed by atoms with Crippen molar-refractivity contribution < 1.29 is 24.5 Å². The minimum absolute atomic E-state index is 0.161. The fourth-order valence-electron chi connectivity index (χ4n) is 4.99. The van der Waals surface area contributed by atoms with Gasteiger partial charge in [-0.25, -0.2) is 0 Å². The lowest BCUT2D eigenvalue weighted by Crippen LogP contribution is -2.45. The van der Waals surface area contributed by atoms with Gasteiger partial charge in [0.25, 0.3) is 6.47 Å². The second-order valence-corrected chi connectivity index (χ2v) is 8.75. The van der Waals surface area contributed by atoms with Crippen molar-refractivity contribution in [1.82, 2.24) is 9.80 Å². The first-order chi connectivity index (χ1) is 15.1. The summed E-state index contributed by atoms with van der Waals surface area (Å²) in [5.41, 5.74) is 1.13. The number of fused-ring (bicyclic) bond motifs is 1. The Balaban J connectivity index is 0.000000858. The molecule has 8 nitrogen and oxygen atoms in total. The molecule has 2 saturated heterocycles. The van der Waals surface area contributed by atoms with Gasteiger partial charge < -0.3 is 24.6 Å². The summed E-state index contributed by atoms with van der Waals surface area (Å²) in [5.74, 6) is 3.20. The number of nitrogens with zero attached hydrogens (tertiary/aromatic N) is 3. The summed E-state index contributed by atoms with van der Waals surface area (Å²) in [7, 11) is 1.63. The van der Waals surface area contributed by atoms with E-state index in [0.29, 0.717) is 18.0 Å². The fraction of sp³-hybridized carbons (Fsp3) is 0.652. The molecule has 3 fully saturated rings. The van der Waals surface area contributed by atoms with Crippen LogP contribution >= 0.6 is 0 Å². The van der Waals surface area contributed by atoms with E-state index in [4.69, 9.17) is 24.6 Å². The number of methoxy groups -OCH3 is 1. The molecule has 2 heterocycles. The summed E-state index contributed by atoms with van der Waals surface area (Å²) < 4.78 is 11.4. The van der Waals surface area contributed by atoms with Gasteiger partial charge in [-0.2, -0.15) is 5.26 Å². The third kappa shape index (κ3) is 6.33. The topological polar surface area (TPSA) is 106 Å². The highest BCUT2D eigenvalue weighted by Gasteiger charge is 2.36. The van der Waals surface area contributed by atoms with Gasteiger partial charge in [-0.3, -0.25) is 9.69 Å². The minimum Gasteiger partial charge on any atom is -0.493 e. The van der Waals surface area contributed by atoms with Gasteiger partial charge in [0.05, 0.1) is 19.1 Å². The van der Waals surface area contributed by atoms with Crippen LogP contribution in [0.1, 0.15) is 24.8 Å². The van der Waals surface area contributed by atoms with Gasteiger partial charge in [-0.05, 0) is 42.4 Å². The van der Waals surface area contributed by atoms with Crippen LogP contribution in [0.25, 0.3) is 0 Å². The average Bonchev–Trinajstić information content (AvgIpc) is 3.31. The van der Waals surface area contributed by atoms with E-state index in [9.17, 15) is 5.11 Å². The van der Waals surface area contributed by atoms with Crippen LogP contribution in [0, 0.1) is 29.1 Å². The molecule has 1 aromatic rings. The third-order valence-electron chi connectivity index (χ3n) is 6.48. The van der Waals surface area contributed by atoms with Gasteiger partial charge >= 0.3 is 0 Å². The zero-order valence-electron chi connectivity index (χ0n) is 18.2. The van der Waals surface area contributed by atoms with E-state index in [1.54, 1.807) is 7.11 Å². The van der Waals surface area contributed by atoms with Crippen LogP contribution in [0.4, 0.5) is 0 Å². The standard InChI is InChI=1S/C22H31N3O3.CH2O2/c1-27-21-6-5-16(9-24-10-17(8-23)11-24)7-22(21)28-15-20(26)14-25-12-18-3-2-4-19(18)13-25;2-1-3/h5-7,17-20,26H,2-4,9-15H2,1H3;1H,(H,2,3)/t18-,19+,20?;. The maximum atomic E-state index is 10.5. The molecular formula is C23H33N3O5. The van der Waals surface area contributed by atoms with Crippen molar-refractivity contribution in [3.05, 3.63) is 23.8 Å². The van der Waals surface area contributed by atoms with Crippen LogP contribution in [0.5, 0.6) is 11.5 Å². The number of benzene rings is 1. The van der Waals surface area contributed by atoms with E-state index in [1.165, 1.54) is 19.3 Å².